The van der Waals surface area contributed by atoms with Crippen LogP contribution in [0.1, 0.15) is 5.56 Å². The van der Waals surface area contributed by atoms with Crippen LogP contribution >= 0.6 is 0 Å². The molecule has 0 spiro atoms. The van der Waals surface area contributed by atoms with Crippen molar-refractivity contribution < 1.29 is 14.2 Å². The second kappa shape index (κ2) is 7.40. The van der Waals surface area contributed by atoms with Crippen LogP contribution in [0.25, 0.3) is 10.9 Å². The Morgan fingerprint density at radius 2 is 1.69 bits per heavy atom. The third-order valence-corrected chi connectivity index (χ3v) is 5.73. The van der Waals surface area contributed by atoms with E-state index in [2.05, 4.69) is 38.0 Å². The molecule has 5 rings (SSSR count). The highest BCUT2D eigenvalue weighted by molar-refractivity contribution is 5.95. The summed E-state index contributed by atoms with van der Waals surface area (Å²) >= 11 is 0. The van der Waals surface area contributed by atoms with Gasteiger partial charge in [-0.25, -0.2) is 9.97 Å². The molecule has 2 aliphatic rings. The number of benzene rings is 2. The van der Waals surface area contributed by atoms with Crippen LogP contribution in [0, 0.1) is 0 Å². The highest BCUT2D eigenvalue weighted by atomic mass is 16.5. The SMILES string of the molecule is COc1cc2ncnc(N3CCc4c(N5CCOCC5)cccc43)c2cc1OC. The predicted molar refractivity (Wildman–Crippen MR) is 113 cm³/mol. The lowest BCUT2D eigenvalue weighted by Crippen LogP contribution is -2.36. The van der Waals surface area contributed by atoms with Crippen molar-refractivity contribution in [2.24, 2.45) is 0 Å². The van der Waals surface area contributed by atoms with Gasteiger partial charge in [0.05, 0.1) is 33.0 Å². The van der Waals surface area contributed by atoms with Crippen LogP contribution in [0.4, 0.5) is 17.2 Å². The van der Waals surface area contributed by atoms with Gasteiger partial charge in [-0.1, -0.05) is 6.07 Å². The maximum atomic E-state index is 5.53. The van der Waals surface area contributed by atoms with E-state index in [0.29, 0.717) is 11.5 Å². The molecule has 29 heavy (non-hydrogen) atoms. The van der Waals surface area contributed by atoms with E-state index in [0.717, 1.165) is 56.0 Å². The first-order valence-electron chi connectivity index (χ1n) is 9.89. The smallest absolute Gasteiger partial charge is 0.162 e. The standard InChI is InChI=1S/C22H24N4O3/c1-27-20-12-16-17(13-21(20)28-2)23-14-24-22(16)26-7-6-15-18(4-3-5-19(15)26)25-8-10-29-11-9-25/h3-5,12-14H,6-11H2,1-2H3. The summed E-state index contributed by atoms with van der Waals surface area (Å²) < 4.78 is 16.5. The molecule has 0 bridgehead atoms. The van der Waals surface area contributed by atoms with Crippen molar-refractivity contribution in [3.05, 3.63) is 42.2 Å². The fourth-order valence-corrected chi connectivity index (χ4v) is 4.32. The molecule has 0 radical (unpaired) electrons. The van der Waals surface area contributed by atoms with Gasteiger partial charge in [0.2, 0.25) is 0 Å². The van der Waals surface area contributed by atoms with Gasteiger partial charge in [0.25, 0.3) is 0 Å². The molecule has 0 N–H and O–H groups in total. The zero-order chi connectivity index (χ0) is 19.8. The Bertz CT molecular complexity index is 1050. The van der Waals surface area contributed by atoms with E-state index in [1.807, 2.05) is 12.1 Å². The quantitative estimate of drug-likeness (QED) is 0.676. The summed E-state index contributed by atoms with van der Waals surface area (Å²) in [6, 6.07) is 10.4. The van der Waals surface area contributed by atoms with E-state index < -0.39 is 0 Å². The molecule has 0 saturated carbocycles. The van der Waals surface area contributed by atoms with Crippen molar-refractivity contribution in [1.29, 1.82) is 0 Å². The zero-order valence-electron chi connectivity index (χ0n) is 16.7. The Morgan fingerprint density at radius 1 is 0.931 bits per heavy atom. The van der Waals surface area contributed by atoms with E-state index in [1.54, 1.807) is 20.5 Å². The van der Waals surface area contributed by atoms with Crippen LogP contribution in [-0.2, 0) is 11.2 Å². The number of methoxy groups -OCH3 is 2. The summed E-state index contributed by atoms with van der Waals surface area (Å²) in [6.45, 7) is 4.32. The zero-order valence-corrected chi connectivity index (χ0v) is 16.7. The van der Waals surface area contributed by atoms with E-state index in [-0.39, 0.29) is 0 Å². The fraction of sp³-hybridized carbons (Fsp3) is 0.364. The van der Waals surface area contributed by atoms with Gasteiger partial charge in [-0.05, 0) is 24.6 Å². The summed E-state index contributed by atoms with van der Waals surface area (Å²) in [4.78, 5) is 13.8. The molecule has 1 saturated heterocycles. The van der Waals surface area contributed by atoms with E-state index >= 15 is 0 Å². The normalized spacial score (nSPS) is 16.2. The Hall–Kier alpha value is -3.06. The first-order chi connectivity index (χ1) is 14.3. The topological polar surface area (TPSA) is 60.0 Å². The van der Waals surface area contributed by atoms with Crippen molar-refractivity contribution in [3.63, 3.8) is 0 Å². The predicted octanol–water partition coefficient (Wildman–Crippen LogP) is 3.18. The van der Waals surface area contributed by atoms with Crippen molar-refractivity contribution in [2.45, 2.75) is 6.42 Å². The Balaban J connectivity index is 1.60. The molecule has 1 fully saturated rings. The lowest BCUT2D eigenvalue weighted by molar-refractivity contribution is 0.122. The molecule has 3 heterocycles. The van der Waals surface area contributed by atoms with Crippen molar-refractivity contribution in [1.82, 2.24) is 9.97 Å². The maximum Gasteiger partial charge on any atom is 0.162 e. The number of rotatable bonds is 4. The number of fused-ring (bicyclic) bond motifs is 2. The number of hydrogen-bond acceptors (Lipinski definition) is 7. The van der Waals surface area contributed by atoms with E-state index in [4.69, 9.17) is 14.2 Å². The van der Waals surface area contributed by atoms with Gasteiger partial charge >= 0.3 is 0 Å². The molecule has 1 aromatic heterocycles. The minimum atomic E-state index is 0.668. The average molecular weight is 392 g/mol. The molecule has 2 aromatic carbocycles. The minimum Gasteiger partial charge on any atom is -0.493 e. The largest absolute Gasteiger partial charge is 0.493 e. The molecule has 0 atom stereocenters. The van der Waals surface area contributed by atoms with Crippen LogP contribution in [0.15, 0.2) is 36.7 Å². The lowest BCUT2D eigenvalue weighted by Gasteiger charge is -2.30. The second-order valence-electron chi connectivity index (χ2n) is 7.20. The van der Waals surface area contributed by atoms with Crippen molar-refractivity contribution in [3.8, 4) is 11.5 Å². The number of ether oxygens (including phenoxy) is 3. The second-order valence-corrected chi connectivity index (χ2v) is 7.20. The van der Waals surface area contributed by atoms with Crippen molar-refractivity contribution >= 4 is 28.1 Å². The fourth-order valence-electron chi connectivity index (χ4n) is 4.32. The Morgan fingerprint density at radius 3 is 2.48 bits per heavy atom. The summed E-state index contributed by atoms with van der Waals surface area (Å²) in [5.74, 6) is 2.24. The number of anilines is 3. The molecule has 0 amide bonds. The highest BCUT2D eigenvalue weighted by Crippen LogP contribution is 2.42. The molecule has 0 aliphatic carbocycles. The van der Waals surface area contributed by atoms with Gasteiger partial charge in [-0.2, -0.15) is 0 Å². The third-order valence-electron chi connectivity index (χ3n) is 5.73. The lowest BCUT2D eigenvalue weighted by atomic mass is 10.1. The van der Waals surface area contributed by atoms with Crippen molar-refractivity contribution in [2.75, 3.05) is 56.9 Å². The molecule has 2 aliphatic heterocycles. The monoisotopic (exact) mass is 392 g/mol. The summed E-state index contributed by atoms with van der Waals surface area (Å²) in [5, 5.41) is 0.953. The molecular weight excluding hydrogens is 368 g/mol. The van der Waals surface area contributed by atoms with Crippen LogP contribution in [0.3, 0.4) is 0 Å². The summed E-state index contributed by atoms with van der Waals surface area (Å²) in [5.41, 5.74) is 4.74. The molecule has 3 aromatic rings. The average Bonchev–Trinajstić information content (AvgIpc) is 3.22. The van der Waals surface area contributed by atoms with Gasteiger partial charge in [0.15, 0.2) is 11.5 Å². The van der Waals surface area contributed by atoms with Gasteiger partial charge in [0, 0.05) is 48.0 Å². The number of morpholine rings is 1. The molecular formula is C22H24N4O3. The first-order valence-corrected chi connectivity index (χ1v) is 9.89. The van der Waals surface area contributed by atoms with Gasteiger partial charge in [-0.15, -0.1) is 0 Å². The minimum absolute atomic E-state index is 0.668. The summed E-state index contributed by atoms with van der Waals surface area (Å²) in [7, 11) is 3.28. The maximum absolute atomic E-state index is 5.53. The van der Waals surface area contributed by atoms with Gasteiger partial charge < -0.3 is 24.0 Å². The van der Waals surface area contributed by atoms with Gasteiger partial charge in [0.1, 0.15) is 12.1 Å². The highest BCUT2D eigenvalue weighted by Gasteiger charge is 2.27. The first kappa shape index (κ1) is 18.0. The van der Waals surface area contributed by atoms with Crippen LogP contribution in [0.2, 0.25) is 0 Å². The number of nitrogens with zero attached hydrogens (tertiary/aromatic N) is 4. The third kappa shape index (κ3) is 3.02. The number of aromatic nitrogens is 2. The molecule has 7 heteroatoms. The van der Waals surface area contributed by atoms with E-state index in [1.165, 1.54) is 16.9 Å². The molecule has 0 unspecified atom stereocenters. The van der Waals surface area contributed by atoms with E-state index in [9.17, 15) is 0 Å². The number of hydrogen-bond donors (Lipinski definition) is 0. The van der Waals surface area contributed by atoms with Crippen LogP contribution in [0.5, 0.6) is 11.5 Å². The van der Waals surface area contributed by atoms with Crippen LogP contribution < -0.4 is 19.3 Å². The Labute approximate surface area is 169 Å². The Kier molecular flexibility index (Phi) is 4.60. The molecule has 7 nitrogen and oxygen atoms in total. The van der Waals surface area contributed by atoms with Gasteiger partial charge in [-0.3, -0.25) is 0 Å². The summed E-state index contributed by atoms with van der Waals surface area (Å²) in [6.07, 6.45) is 2.61. The molecule has 150 valence electrons. The van der Waals surface area contributed by atoms with Crippen LogP contribution in [-0.4, -0.2) is 57.0 Å².